The molecule has 2 unspecified atom stereocenters. The van der Waals surface area contributed by atoms with E-state index in [1.807, 2.05) is 0 Å². The smallest absolute Gasteiger partial charge is 0.384 e. The van der Waals surface area contributed by atoms with Crippen LogP contribution in [0.3, 0.4) is 0 Å². The van der Waals surface area contributed by atoms with Gasteiger partial charge in [0.05, 0.1) is 0 Å². The van der Waals surface area contributed by atoms with Crippen LogP contribution < -0.4 is 10.6 Å². The SMILES string of the molecule is CC#CC1CN(S(=O)(=O)c2ccc(N)nc2)CCN1c1ccc(C(O)(C#CC)C(F)(F)F)cn1. The zero-order valence-corrected chi connectivity index (χ0v) is 19.2. The Hall–Kier alpha value is -3.32. The van der Waals surface area contributed by atoms with Gasteiger partial charge in [-0.25, -0.2) is 18.4 Å². The molecule has 12 heteroatoms. The highest BCUT2D eigenvalue weighted by molar-refractivity contribution is 7.89. The Kier molecular flexibility index (Phi) is 7.07. The lowest BCUT2D eigenvalue weighted by Crippen LogP contribution is -2.54. The molecule has 2 aromatic rings. The second kappa shape index (κ2) is 9.50. The standard InChI is InChI=1S/C22H22F3N5O3S/c1-3-5-17-15-29(34(32,33)18-7-8-19(26)27-14-18)11-12-30(17)20-9-6-16(13-28-20)21(31,10-4-2)22(23,24)25/h6-9,13-14,17,31H,11-12,15H2,1-2H3,(H2,26,27). The molecule has 180 valence electrons. The normalized spacial score (nSPS) is 18.8. The molecule has 1 saturated heterocycles. The number of hydrogen-bond acceptors (Lipinski definition) is 7. The fourth-order valence-electron chi connectivity index (χ4n) is 3.49. The first-order chi connectivity index (χ1) is 15.9. The van der Waals surface area contributed by atoms with E-state index in [1.165, 1.54) is 35.6 Å². The lowest BCUT2D eigenvalue weighted by molar-refractivity contribution is -0.240. The molecule has 1 fully saturated rings. The van der Waals surface area contributed by atoms with Crippen molar-refractivity contribution in [3.05, 3.63) is 42.2 Å². The molecular formula is C22H22F3N5O3S. The molecule has 0 saturated carbocycles. The van der Waals surface area contributed by atoms with Crippen LogP contribution in [0.4, 0.5) is 24.8 Å². The van der Waals surface area contributed by atoms with Gasteiger partial charge < -0.3 is 15.7 Å². The number of rotatable bonds is 4. The second-order valence-electron chi connectivity index (χ2n) is 7.37. The average Bonchev–Trinajstić information content (AvgIpc) is 2.79. The highest BCUT2D eigenvalue weighted by Crippen LogP contribution is 2.38. The summed E-state index contributed by atoms with van der Waals surface area (Å²) in [7, 11) is -3.86. The molecule has 0 aromatic carbocycles. The summed E-state index contributed by atoms with van der Waals surface area (Å²) in [6, 6.07) is 4.57. The molecule has 1 aliphatic heterocycles. The fraction of sp³-hybridized carbons (Fsp3) is 0.364. The quantitative estimate of drug-likeness (QED) is 0.624. The van der Waals surface area contributed by atoms with Crippen LogP contribution in [0.5, 0.6) is 0 Å². The van der Waals surface area contributed by atoms with Crippen molar-refractivity contribution in [2.75, 3.05) is 30.3 Å². The third-order valence-corrected chi connectivity index (χ3v) is 7.08. The Labute approximate surface area is 195 Å². The van der Waals surface area contributed by atoms with Crippen molar-refractivity contribution < 1.29 is 26.7 Å². The number of nitrogen functional groups attached to an aromatic ring is 1. The van der Waals surface area contributed by atoms with Crippen molar-refractivity contribution in [3.8, 4) is 23.7 Å². The van der Waals surface area contributed by atoms with Crippen LogP contribution in [-0.2, 0) is 15.6 Å². The van der Waals surface area contributed by atoms with Crippen LogP contribution in [0.15, 0.2) is 41.6 Å². The van der Waals surface area contributed by atoms with Gasteiger partial charge in [0.2, 0.25) is 15.6 Å². The van der Waals surface area contributed by atoms with E-state index >= 15 is 0 Å². The largest absolute Gasteiger partial charge is 0.433 e. The maximum atomic E-state index is 13.4. The summed E-state index contributed by atoms with van der Waals surface area (Å²) >= 11 is 0. The number of nitrogens with zero attached hydrogens (tertiary/aromatic N) is 4. The van der Waals surface area contributed by atoms with Gasteiger partial charge in [-0.05, 0) is 38.1 Å². The molecule has 3 rings (SSSR count). The van der Waals surface area contributed by atoms with Gasteiger partial charge in [-0.15, -0.1) is 11.8 Å². The maximum Gasteiger partial charge on any atom is 0.433 e. The van der Waals surface area contributed by atoms with E-state index in [9.17, 15) is 26.7 Å². The molecule has 1 aliphatic rings. The van der Waals surface area contributed by atoms with Gasteiger partial charge in [0.25, 0.3) is 0 Å². The molecule has 2 atom stereocenters. The second-order valence-corrected chi connectivity index (χ2v) is 9.31. The van der Waals surface area contributed by atoms with Crippen LogP contribution >= 0.6 is 0 Å². The first-order valence-corrected chi connectivity index (χ1v) is 11.5. The van der Waals surface area contributed by atoms with Gasteiger partial charge in [0, 0.05) is 37.6 Å². The Morgan fingerprint density at radius 1 is 1.09 bits per heavy atom. The van der Waals surface area contributed by atoms with Crippen molar-refractivity contribution in [3.63, 3.8) is 0 Å². The molecule has 8 nitrogen and oxygen atoms in total. The molecule has 3 heterocycles. The van der Waals surface area contributed by atoms with Gasteiger partial charge in [0.15, 0.2) is 0 Å². The van der Waals surface area contributed by atoms with Gasteiger partial charge in [-0.2, -0.15) is 17.5 Å². The Morgan fingerprint density at radius 2 is 1.82 bits per heavy atom. The van der Waals surface area contributed by atoms with Crippen molar-refractivity contribution >= 4 is 21.7 Å². The average molecular weight is 494 g/mol. The van der Waals surface area contributed by atoms with Crippen molar-refractivity contribution in [1.82, 2.24) is 14.3 Å². The van der Waals surface area contributed by atoms with Crippen LogP contribution in [0, 0.1) is 23.7 Å². The Balaban J connectivity index is 1.88. The zero-order valence-electron chi connectivity index (χ0n) is 18.3. The van der Waals surface area contributed by atoms with Gasteiger partial charge in [-0.3, -0.25) is 0 Å². The molecule has 0 radical (unpaired) electrons. The number of nitrogens with two attached hydrogens (primary N) is 1. The summed E-state index contributed by atoms with van der Waals surface area (Å²) in [4.78, 5) is 9.61. The summed E-state index contributed by atoms with van der Waals surface area (Å²) < 4.78 is 67.6. The minimum Gasteiger partial charge on any atom is -0.384 e. The van der Waals surface area contributed by atoms with Gasteiger partial charge in [-0.1, -0.05) is 11.8 Å². The maximum absolute atomic E-state index is 13.4. The molecule has 0 aliphatic carbocycles. The molecule has 0 bridgehead atoms. The van der Waals surface area contributed by atoms with Crippen LogP contribution in [-0.4, -0.2) is 59.6 Å². The van der Waals surface area contributed by atoms with Gasteiger partial charge in [0.1, 0.15) is 22.6 Å². The minimum absolute atomic E-state index is 0.00474. The lowest BCUT2D eigenvalue weighted by atomic mass is 9.95. The number of halogens is 3. The molecule has 3 N–H and O–H groups in total. The summed E-state index contributed by atoms with van der Waals surface area (Å²) in [5, 5.41) is 10.1. The van der Waals surface area contributed by atoms with E-state index in [4.69, 9.17) is 5.73 Å². The highest BCUT2D eigenvalue weighted by atomic mass is 32.2. The Morgan fingerprint density at radius 3 is 2.35 bits per heavy atom. The van der Waals surface area contributed by atoms with E-state index < -0.39 is 33.4 Å². The summed E-state index contributed by atoms with van der Waals surface area (Å²) in [5.41, 5.74) is 1.66. The van der Waals surface area contributed by atoms with E-state index in [0.29, 0.717) is 0 Å². The number of pyridine rings is 2. The number of alkyl halides is 3. The molecule has 0 amide bonds. The van der Waals surface area contributed by atoms with Gasteiger partial charge >= 0.3 is 6.18 Å². The van der Waals surface area contributed by atoms with E-state index in [0.717, 1.165) is 12.3 Å². The predicted octanol–water partition coefficient (Wildman–Crippen LogP) is 1.73. The third-order valence-electron chi connectivity index (χ3n) is 5.23. The highest BCUT2D eigenvalue weighted by Gasteiger charge is 2.54. The number of anilines is 2. The molecule has 0 spiro atoms. The van der Waals surface area contributed by atoms with E-state index in [2.05, 4.69) is 27.7 Å². The topological polar surface area (TPSA) is 113 Å². The molecular weight excluding hydrogens is 471 g/mol. The van der Waals surface area contributed by atoms with Crippen LogP contribution in [0.2, 0.25) is 0 Å². The summed E-state index contributed by atoms with van der Waals surface area (Å²) in [6.07, 6.45) is -2.93. The number of aliphatic hydroxyl groups is 1. The van der Waals surface area contributed by atoms with Crippen molar-refractivity contribution in [1.29, 1.82) is 0 Å². The predicted molar refractivity (Wildman–Crippen MR) is 120 cm³/mol. The summed E-state index contributed by atoms with van der Waals surface area (Å²) in [6.45, 7) is 3.07. The zero-order chi connectivity index (χ0) is 25.1. The van der Waals surface area contributed by atoms with E-state index in [1.54, 1.807) is 17.7 Å². The monoisotopic (exact) mass is 493 g/mol. The summed E-state index contributed by atoms with van der Waals surface area (Å²) in [5.74, 6) is 10.1. The first kappa shape index (κ1) is 25.3. The number of hydrogen-bond donors (Lipinski definition) is 2. The fourth-order valence-corrected chi connectivity index (χ4v) is 4.88. The minimum atomic E-state index is -5.02. The van der Waals surface area contributed by atoms with Crippen LogP contribution in [0.25, 0.3) is 0 Å². The van der Waals surface area contributed by atoms with E-state index in [-0.39, 0.29) is 36.2 Å². The third kappa shape index (κ3) is 4.80. The Bertz CT molecular complexity index is 1260. The number of sulfonamides is 1. The van der Waals surface area contributed by atoms with Crippen LogP contribution in [0.1, 0.15) is 19.4 Å². The molecule has 2 aromatic heterocycles. The number of piperazine rings is 1. The first-order valence-electron chi connectivity index (χ1n) is 10.0. The van der Waals surface area contributed by atoms with Crippen molar-refractivity contribution in [2.24, 2.45) is 0 Å². The number of aromatic nitrogens is 2. The lowest BCUT2D eigenvalue weighted by Gasteiger charge is -2.39. The van der Waals surface area contributed by atoms with Crippen molar-refractivity contribution in [2.45, 2.75) is 36.6 Å². The molecule has 34 heavy (non-hydrogen) atoms.